The lowest BCUT2D eigenvalue weighted by atomic mass is 10.1. The average Bonchev–Trinajstić information content (AvgIpc) is 3.02. The van der Waals surface area contributed by atoms with Crippen LogP contribution in [0.5, 0.6) is 0 Å². The molecule has 6 heteroatoms. The minimum atomic E-state index is -0.131. The monoisotopic (exact) mass is 451 g/mol. The van der Waals surface area contributed by atoms with Crippen molar-refractivity contribution in [3.63, 3.8) is 0 Å². The summed E-state index contributed by atoms with van der Waals surface area (Å²) in [5.41, 5.74) is 2.61. The van der Waals surface area contributed by atoms with Gasteiger partial charge in [0.05, 0.1) is 22.6 Å². The van der Waals surface area contributed by atoms with Crippen LogP contribution in [-0.2, 0) is 0 Å². The number of aromatic nitrogens is 2. The second kappa shape index (κ2) is 8.02. The maximum absolute atomic E-state index is 12.7. The van der Waals surface area contributed by atoms with E-state index in [0.29, 0.717) is 5.56 Å². The van der Waals surface area contributed by atoms with Gasteiger partial charge in [-0.1, -0.05) is 24.3 Å². The van der Waals surface area contributed by atoms with Gasteiger partial charge in [-0.15, -0.1) is 0 Å². The van der Waals surface area contributed by atoms with Crippen LogP contribution >= 0.6 is 34.4 Å². The number of carbonyl (C=O) groups excluding carboxylic acids is 1. The molecule has 0 aliphatic rings. The molecule has 1 unspecified atom stereocenters. The van der Waals surface area contributed by atoms with Crippen molar-refractivity contribution in [1.82, 2.24) is 15.3 Å². The van der Waals surface area contributed by atoms with Crippen LogP contribution in [0.2, 0.25) is 0 Å². The number of aromatic amines is 1. The Morgan fingerprint density at radius 2 is 2.00 bits per heavy atom. The number of fused-ring (bicyclic) bond motifs is 1. The molecule has 0 saturated carbocycles. The number of amides is 1. The van der Waals surface area contributed by atoms with E-state index in [1.807, 2.05) is 48.5 Å². The van der Waals surface area contributed by atoms with Crippen molar-refractivity contribution in [3.8, 4) is 0 Å². The van der Waals surface area contributed by atoms with Crippen molar-refractivity contribution in [2.45, 2.75) is 12.5 Å². The third-order valence-electron chi connectivity index (χ3n) is 3.77. The molecular formula is C18H18IN3OS. The number of carbonyl (C=O) groups is 1. The number of nitrogens with one attached hydrogen (secondary N) is 2. The summed E-state index contributed by atoms with van der Waals surface area (Å²) in [5, 5.41) is 3.14. The van der Waals surface area contributed by atoms with Gasteiger partial charge in [-0.05, 0) is 65.3 Å². The number of thioether (sulfide) groups is 1. The predicted octanol–water partition coefficient (Wildman–Crippen LogP) is 4.39. The molecule has 2 aromatic carbocycles. The number of imidazole rings is 1. The molecule has 4 nitrogen and oxygen atoms in total. The van der Waals surface area contributed by atoms with Crippen molar-refractivity contribution in [2.75, 3.05) is 12.0 Å². The van der Waals surface area contributed by atoms with E-state index in [1.54, 1.807) is 11.8 Å². The van der Waals surface area contributed by atoms with Crippen LogP contribution in [0.4, 0.5) is 0 Å². The number of benzene rings is 2. The Morgan fingerprint density at radius 3 is 2.75 bits per heavy atom. The fraction of sp³-hybridized carbons (Fsp3) is 0.222. The third-order valence-corrected chi connectivity index (χ3v) is 5.36. The molecule has 1 atom stereocenters. The quantitative estimate of drug-likeness (QED) is 0.547. The zero-order chi connectivity index (χ0) is 16.9. The van der Waals surface area contributed by atoms with Gasteiger partial charge < -0.3 is 10.3 Å². The summed E-state index contributed by atoms with van der Waals surface area (Å²) < 4.78 is 0.945. The molecule has 0 radical (unpaired) electrons. The number of H-pyrrole nitrogens is 1. The second-order valence-corrected chi connectivity index (χ2v) is 7.57. The highest BCUT2D eigenvalue weighted by Gasteiger charge is 2.20. The average molecular weight is 451 g/mol. The van der Waals surface area contributed by atoms with Gasteiger partial charge in [0.15, 0.2) is 0 Å². The van der Waals surface area contributed by atoms with E-state index in [4.69, 9.17) is 0 Å². The SMILES string of the molecule is CSCCC(NC(=O)c1ccccc1I)c1nc2ccccc2[nH]1. The van der Waals surface area contributed by atoms with Gasteiger partial charge in [-0.3, -0.25) is 4.79 Å². The van der Waals surface area contributed by atoms with Gasteiger partial charge in [-0.25, -0.2) is 4.98 Å². The Hall–Kier alpha value is -1.54. The molecular weight excluding hydrogens is 433 g/mol. The summed E-state index contributed by atoms with van der Waals surface area (Å²) in [5.74, 6) is 1.70. The second-order valence-electron chi connectivity index (χ2n) is 5.43. The number of para-hydroxylation sites is 2. The molecule has 1 amide bonds. The summed E-state index contributed by atoms with van der Waals surface area (Å²) in [6.07, 6.45) is 2.90. The fourth-order valence-electron chi connectivity index (χ4n) is 2.53. The topological polar surface area (TPSA) is 57.8 Å². The predicted molar refractivity (Wildman–Crippen MR) is 108 cm³/mol. The summed E-state index contributed by atoms with van der Waals surface area (Å²) in [4.78, 5) is 20.7. The van der Waals surface area contributed by atoms with E-state index in [9.17, 15) is 4.79 Å². The largest absolute Gasteiger partial charge is 0.342 e. The van der Waals surface area contributed by atoms with Gasteiger partial charge in [0.25, 0.3) is 5.91 Å². The van der Waals surface area contributed by atoms with E-state index < -0.39 is 0 Å². The summed E-state index contributed by atoms with van der Waals surface area (Å²) in [6, 6.07) is 15.4. The van der Waals surface area contributed by atoms with Gasteiger partial charge >= 0.3 is 0 Å². The van der Waals surface area contributed by atoms with Crippen LogP contribution in [-0.4, -0.2) is 27.9 Å². The van der Waals surface area contributed by atoms with Crippen molar-refractivity contribution < 1.29 is 4.79 Å². The van der Waals surface area contributed by atoms with Gasteiger partial charge in [0.1, 0.15) is 5.82 Å². The first-order valence-electron chi connectivity index (χ1n) is 7.68. The van der Waals surface area contributed by atoms with Crippen molar-refractivity contribution >= 4 is 51.3 Å². The highest BCUT2D eigenvalue weighted by atomic mass is 127. The third kappa shape index (κ3) is 3.92. The van der Waals surface area contributed by atoms with Crippen LogP contribution in [0.3, 0.4) is 0 Å². The van der Waals surface area contributed by atoms with Crippen LogP contribution in [0.25, 0.3) is 11.0 Å². The first kappa shape index (κ1) is 17.3. The molecule has 0 aliphatic heterocycles. The highest BCUT2D eigenvalue weighted by molar-refractivity contribution is 14.1. The van der Waals surface area contributed by atoms with Gasteiger partial charge in [0.2, 0.25) is 0 Å². The summed E-state index contributed by atoms with van der Waals surface area (Å²) >= 11 is 3.95. The minimum Gasteiger partial charge on any atom is -0.342 e. The first-order chi connectivity index (χ1) is 11.7. The number of hydrogen-bond acceptors (Lipinski definition) is 3. The Balaban J connectivity index is 1.86. The van der Waals surface area contributed by atoms with Crippen LogP contribution < -0.4 is 5.32 Å². The van der Waals surface area contributed by atoms with E-state index in [0.717, 1.165) is 32.6 Å². The van der Waals surface area contributed by atoms with Gasteiger partial charge in [0, 0.05) is 3.57 Å². The summed E-state index contributed by atoms with van der Waals surface area (Å²) in [6.45, 7) is 0. The summed E-state index contributed by atoms with van der Waals surface area (Å²) in [7, 11) is 0. The zero-order valence-corrected chi connectivity index (χ0v) is 16.2. The Bertz CT molecular complexity index is 816. The van der Waals surface area contributed by atoms with Crippen LogP contribution in [0.15, 0.2) is 48.5 Å². The normalized spacial score (nSPS) is 12.2. The lowest BCUT2D eigenvalue weighted by molar-refractivity contribution is 0.0933. The molecule has 0 bridgehead atoms. The molecule has 1 aromatic heterocycles. The molecule has 0 aliphatic carbocycles. The zero-order valence-electron chi connectivity index (χ0n) is 13.3. The molecule has 2 N–H and O–H groups in total. The number of nitrogens with zero attached hydrogens (tertiary/aromatic N) is 1. The van der Waals surface area contributed by atoms with Crippen LogP contribution in [0.1, 0.15) is 28.6 Å². The highest BCUT2D eigenvalue weighted by Crippen LogP contribution is 2.21. The maximum Gasteiger partial charge on any atom is 0.252 e. The molecule has 3 aromatic rings. The molecule has 0 saturated heterocycles. The van der Waals surface area contributed by atoms with Crippen molar-refractivity contribution in [1.29, 1.82) is 0 Å². The molecule has 0 spiro atoms. The van der Waals surface area contributed by atoms with Gasteiger partial charge in [-0.2, -0.15) is 11.8 Å². The lowest BCUT2D eigenvalue weighted by Gasteiger charge is -2.17. The van der Waals surface area contributed by atoms with E-state index in [1.165, 1.54) is 0 Å². The van der Waals surface area contributed by atoms with E-state index in [2.05, 4.69) is 44.1 Å². The molecule has 1 heterocycles. The molecule has 0 fully saturated rings. The first-order valence-corrected chi connectivity index (χ1v) is 10.2. The number of halogens is 1. The molecule has 3 rings (SSSR count). The minimum absolute atomic E-state index is 0.0634. The number of rotatable bonds is 6. The van der Waals surface area contributed by atoms with Crippen LogP contribution in [0, 0.1) is 3.57 Å². The maximum atomic E-state index is 12.7. The molecule has 24 heavy (non-hydrogen) atoms. The Labute approximate surface area is 159 Å². The Morgan fingerprint density at radius 1 is 1.25 bits per heavy atom. The smallest absolute Gasteiger partial charge is 0.252 e. The van der Waals surface area contributed by atoms with E-state index >= 15 is 0 Å². The van der Waals surface area contributed by atoms with Crippen molar-refractivity contribution in [2.24, 2.45) is 0 Å². The molecule has 124 valence electrons. The number of hydrogen-bond donors (Lipinski definition) is 2. The fourth-order valence-corrected chi connectivity index (χ4v) is 3.64. The van der Waals surface area contributed by atoms with E-state index in [-0.39, 0.29) is 11.9 Å². The standard InChI is InChI=1S/C18H18IN3OS/c1-24-11-10-16(17-20-14-8-4-5-9-15(14)21-17)22-18(23)12-6-2-3-7-13(12)19/h2-9,16H,10-11H2,1H3,(H,20,21)(H,22,23). The lowest BCUT2D eigenvalue weighted by Crippen LogP contribution is -2.30. The van der Waals surface area contributed by atoms with Crippen molar-refractivity contribution in [3.05, 3.63) is 63.5 Å². The Kier molecular flexibility index (Phi) is 5.78.